The van der Waals surface area contributed by atoms with E-state index in [-0.39, 0.29) is 0 Å². The van der Waals surface area contributed by atoms with Crippen molar-refractivity contribution in [2.24, 2.45) is 0 Å². The summed E-state index contributed by atoms with van der Waals surface area (Å²) in [6.07, 6.45) is 0. The van der Waals surface area contributed by atoms with Crippen LogP contribution in [0.3, 0.4) is 0 Å². The zero-order valence-electron chi connectivity index (χ0n) is 8.50. The van der Waals surface area contributed by atoms with Crippen molar-refractivity contribution in [2.45, 2.75) is 12.5 Å². The normalized spacial score (nSPS) is 18.3. The topological polar surface area (TPSA) is 38.7 Å². The molecule has 1 unspecified atom stereocenters. The number of aliphatic hydroxyl groups is 1. The molecule has 1 aromatic carbocycles. The Kier molecular flexibility index (Phi) is 3.06. The molecule has 1 heterocycles. The van der Waals surface area contributed by atoms with E-state index in [1.165, 1.54) is 0 Å². The van der Waals surface area contributed by atoms with Crippen molar-refractivity contribution in [2.75, 3.05) is 17.6 Å². The molecule has 82 valence electrons. The van der Waals surface area contributed by atoms with Gasteiger partial charge in [0.15, 0.2) is 11.5 Å². The number of benzene rings is 1. The van der Waals surface area contributed by atoms with Crippen LogP contribution in [0.25, 0.3) is 0 Å². The molecule has 1 aliphatic rings. The van der Waals surface area contributed by atoms with Gasteiger partial charge in [0, 0.05) is 4.43 Å². The summed E-state index contributed by atoms with van der Waals surface area (Å²) in [5.74, 6) is 1.48. The molecule has 1 N–H and O–H groups in total. The lowest BCUT2D eigenvalue weighted by Gasteiger charge is -2.24. The first-order chi connectivity index (χ1) is 7.13. The third kappa shape index (κ3) is 2.20. The zero-order chi connectivity index (χ0) is 10.9. The molecular weight excluding hydrogens is 307 g/mol. The van der Waals surface area contributed by atoms with Gasteiger partial charge in [-0.05, 0) is 24.6 Å². The van der Waals surface area contributed by atoms with Crippen molar-refractivity contribution in [1.82, 2.24) is 0 Å². The lowest BCUT2D eigenvalue weighted by molar-refractivity contribution is 0.0861. The fourth-order valence-corrected chi connectivity index (χ4v) is 1.90. The third-order valence-corrected chi connectivity index (χ3v) is 3.91. The first-order valence-corrected chi connectivity index (χ1v) is 6.34. The predicted molar refractivity (Wildman–Crippen MR) is 65.9 cm³/mol. The van der Waals surface area contributed by atoms with Gasteiger partial charge in [0.25, 0.3) is 0 Å². The van der Waals surface area contributed by atoms with E-state index in [2.05, 4.69) is 22.6 Å². The van der Waals surface area contributed by atoms with Gasteiger partial charge in [-0.15, -0.1) is 0 Å². The van der Waals surface area contributed by atoms with Crippen LogP contribution in [-0.4, -0.2) is 22.7 Å². The van der Waals surface area contributed by atoms with Gasteiger partial charge >= 0.3 is 0 Å². The number of halogens is 1. The second-order valence-electron chi connectivity index (χ2n) is 3.77. The summed E-state index contributed by atoms with van der Waals surface area (Å²) in [4.78, 5) is 0. The first kappa shape index (κ1) is 11.0. The lowest BCUT2D eigenvalue weighted by Crippen LogP contribution is -2.23. The second-order valence-corrected chi connectivity index (χ2v) is 4.53. The van der Waals surface area contributed by atoms with Crippen LogP contribution >= 0.6 is 22.6 Å². The summed E-state index contributed by atoms with van der Waals surface area (Å²) in [5, 5.41) is 10.1. The Morgan fingerprint density at radius 1 is 1.33 bits per heavy atom. The van der Waals surface area contributed by atoms with Crippen molar-refractivity contribution in [3.63, 3.8) is 0 Å². The van der Waals surface area contributed by atoms with Crippen molar-refractivity contribution < 1.29 is 14.6 Å². The average molecular weight is 320 g/mol. The summed E-state index contributed by atoms with van der Waals surface area (Å²) in [6, 6.07) is 5.59. The van der Waals surface area contributed by atoms with Crippen LogP contribution < -0.4 is 9.47 Å². The summed E-state index contributed by atoms with van der Waals surface area (Å²) in [5.41, 5.74) is 0.0530. The molecule has 0 saturated carbocycles. The predicted octanol–water partition coefficient (Wildman–Crippen LogP) is 2.10. The van der Waals surface area contributed by atoms with Crippen LogP contribution in [0.4, 0.5) is 0 Å². The van der Waals surface area contributed by atoms with Gasteiger partial charge < -0.3 is 14.6 Å². The van der Waals surface area contributed by atoms with Crippen molar-refractivity contribution in [3.8, 4) is 11.5 Å². The monoisotopic (exact) mass is 320 g/mol. The Morgan fingerprint density at radius 2 is 2.00 bits per heavy atom. The van der Waals surface area contributed by atoms with Crippen LogP contribution in [0, 0.1) is 0 Å². The first-order valence-electron chi connectivity index (χ1n) is 4.82. The Labute approximate surface area is 103 Å². The highest BCUT2D eigenvalue weighted by molar-refractivity contribution is 14.1. The quantitative estimate of drug-likeness (QED) is 0.670. The van der Waals surface area contributed by atoms with Crippen molar-refractivity contribution >= 4 is 22.6 Å². The Bertz CT molecular complexity index is 363. The fraction of sp³-hybridized carbons (Fsp3) is 0.455. The standard InChI is InChI=1S/C11H13IO3/c1-11(13,7-12)8-2-3-9-10(6-8)15-5-4-14-9/h2-3,6,13H,4-5,7H2,1H3. The molecule has 2 rings (SSSR count). The van der Waals surface area contributed by atoms with E-state index in [4.69, 9.17) is 9.47 Å². The molecule has 1 aromatic rings. The summed E-state index contributed by atoms with van der Waals surface area (Å²) < 4.78 is 11.5. The Balaban J connectivity index is 2.36. The summed E-state index contributed by atoms with van der Waals surface area (Å²) in [7, 11) is 0. The van der Waals surface area contributed by atoms with Crippen LogP contribution in [0.2, 0.25) is 0 Å². The molecule has 0 amide bonds. The average Bonchev–Trinajstić information content (AvgIpc) is 2.28. The maximum atomic E-state index is 10.1. The fourth-order valence-electron chi connectivity index (χ4n) is 1.46. The van der Waals surface area contributed by atoms with E-state index in [0.29, 0.717) is 17.6 Å². The number of hydrogen-bond acceptors (Lipinski definition) is 3. The van der Waals surface area contributed by atoms with E-state index in [0.717, 1.165) is 17.1 Å². The van der Waals surface area contributed by atoms with Crippen molar-refractivity contribution in [1.29, 1.82) is 0 Å². The van der Waals surface area contributed by atoms with Gasteiger partial charge in [-0.3, -0.25) is 0 Å². The Hall–Kier alpha value is -0.490. The number of fused-ring (bicyclic) bond motifs is 1. The molecule has 0 spiro atoms. The van der Waals surface area contributed by atoms with Gasteiger partial charge in [0.1, 0.15) is 13.2 Å². The highest BCUT2D eigenvalue weighted by atomic mass is 127. The minimum absolute atomic E-state index is 0.572. The third-order valence-electron chi connectivity index (χ3n) is 2.42. The van der Waals surface area contributed by atoms with E-state index in [1.54, 1.807) is 6.92 Å². The van der Waals surface area contributed by atoms with Gasteiger partial charge in [0.05, 0.1) is 5.60 Å². The molecule has 0 bridgehead atoms. The molecule has 0 aliphatic carbocycles. The maximum absolute atomic E-state index is 10.1. The largest absolute Gasteiger partial charge is 0.486 e. The van der Waals surface area contributed by atoms with Crippen LogP contribution in [-0.2, 0) is 5.60 Å². The van der Waals surface area contributed by atoms with E-state index < -0.39 is 5.60 Å². The number of rotatable bonds is 2. The zero-order valence-corrected chi connectivity index (χ0v) is 10.7. The SMILES string of the molecule is CC(O)(CI)c1ccc2c(c1)OCCO2. The minimum Gasteiger partial charge on any atom is -0.486 e. The smallest absolute Gasteiger partial charge is 0.161 e. The number of hydrogen-bond donors (Lipinski definition) is 1. The van der Waals surface area contributed by atoms with E-state index in [1.807, 2.05) is 18.2 Å². The second kappa shape index (κ2) is 4.17. The lowest BCUT2D eigenvalue weighted by atomic mass is 9.98. The van der Waals surface area contributed by atoms with Crippen molar-refractivity contribution in [3.05, 3.63) is 23.8 Å². The molecule has 1 aliphatic heterocycles. The van der Waals surface area contributed by atoms with Gasteiger partial charge in [-0.25, -0.2) is 0 Å². The summed E-state index contributed by atoms with van der Waals surface area (Å²) in [6.45, 7) is 2.96. The molecule has 3 nitrogen and oxygen atoms in total. The Morgan fingerprint density at radius 3 is 2.67 bits per heavy atom. The molecule has 0 fully saturated rings. The highest BCUT2D eigenvalue weighted by Crippen LogP contribution is 2.34. The van der Waals surface area contributed by atoms with Crippen LogP contribution in [0.15, 0.2) is 18.2 Å². The molecule has 1 atom stereocenters. The van der Waals surface area contributed by atoms with Crippen LogP contribution in [0.5, 0.6) is 11.5 Å². The van der Waals surface area contributed by atoms with Gasteiger partial charge in [0.2, 0.25) is 0 Å². The molecule has 15 heavy (non-hydrogen) atoms. The number of ether oxygens (including phenoxy) is 2. The summed E-state index contributed by atoms with van der Waals surface area (Å²) >= 11 is 2.17. The highest BCUT2D eigenvalue weighted by Gasteiger charge is 2.23. The molecular formula is C11H13IO3. The number of alkyl halides is 1. The van der Waals surface area contributed by atoms with E-state index in [9.17, 15) is 5.11 Å². The molecule has 0 saturated heterocycles. The molecule has 0 radical (unpaired) electrons. The maximum Gasteiger partial charge on any atom is 0.161 e. The molecule has 4 heteroatoms. The minimum atomic E-state index is -0.809. The van der Waals surface area contributed by atoms with Crippen LogP contribution in [0.1, 0.15) is 12.5 Å². The van der Waals surface area contributed by atoms with Gasteiger partial charge in [-0.2, -0.15) is 0 Å². The molecule has 0 aromatic heterocycles. The van der Waals surface area contributed by atoms with E-state index >= 15 is 0 Å². The van der Waals surface area contributed by atoms with Gasteiger partial charge in [-0.1, -0.05) is 28.7 Å².